The van der Waals surface area contributed by atoms with Crippen molar-refractivity contribution >= 4 is 11.6 Å². The number of nitrogens with two attached hydrogens (primary N) is 1. The molecule has 4 nitrogen and oxygen atoms in total. The fourth-order valence-corrected chi connectivity index (χ4v) is 2.00. The number of aryl methyl sites for hydroxylation is 1. The Hall–Kier alpha value is -2.80. The second-order valence-corrected chi connectivity index (χ2v) is 4.53. The number of nitrogens with zero attached hydrogens (tertiary/aromatic N) is 1. The topological polar surface area (TPSA) is 78.9 Å². The van der Waals surface area contributed by atoms with Gasteiger partial charge >= 0.3 is 0 Å². The van der Waals surface area contributed by atoms with Crippen molar-refractivity contribution in [1.82, 2.24) is 0 Å². The fourth-order valence-electron chi connectivity index (χ4n) is 2.00. The number of hydrogen-bond acceptors (Lipinski definition) is 3. The third kappa shape index (κ3) is 2.96. The first-order valence-electron chi connectivity index (χ1n) is 6.24. The van der Waals surface area contributed by atoms with Crippen LogP contribution in [-0.4, -0.2) is 5.91 Å². The molecule has 0 fully saturated rings. The molecule has 0 aromatic heterocycles. The van der Waals surface area contributed by atoms with Crippen LogP contribution in [0.25, 0.3) is 0 Å². The summed E-state index contributed by atoms with van der Waals surface area (Å²) in [4.78, 5) is 11.1. The van der Waals surface area contributed by atoms with E-state index in [4.69, 9.17) is 11.0 Å². The molecule has 0 atom stereocenters. The van der Waals surface area contributed by atoms with Gasteiger partial charge in [0.1, 0.15) is 6.07 Å². The zero-order chi connectivity index (χ0) is 14.5. The maximum atomic E-state index is 11.1. The highest BCUT2D eigenvalue weighted by atomic mass is 16.1. The summed E-state index contributed by atoms with van der Waals surface area (Å²) >= 11 is 0. The summed E-state index contributed by atoms with van der Waals surface area (Å²) in [6.45, 7) is 2.43. The minimum atomic E-state index is -0.444. The molecule has 0 radical (unpaired) electrons. The smallest absolute Gasteiger partial charge is 0.248 e. The fraction of sp³-hybridized carbons (Fsp3) is 0.125. The molecule has 4 heteroatoms. The molecule has 3 N–H and O–H groups in total. The van der Waals surface area contributed by atoms with E-state index in [1.54, 1.807) is 18.2 Å². The molecule has 2 aromatic carbocycles. The highest BCUT2D eigenvalue weighted by molar-refractivity contribution is 5.92. The maximum Gasteiger partial charge on any atom is 0.248 e. The minimum absolute atomic E-state index is 0.444. The van der Waals surface area contributed by atoms with Crippen molar-refractivity contribution in [1.29, 1.82) is 5.26 Å². The summed E-state index contributed by atoms with van der Waals surface area (Å²) in [5, 5.41) is 12.4. The van der Waals surface area contributed by atoms with Gasteiger partial charge in [0.05, 0.1) is 11.3 Å². The number of nitrogens with one attached hydrogen (secondary N) is 1. The van der Waals surface area contributed by atoms with Crippen LogP contribution in [0.2, 0.25) is 0 Å². The van der Waals surface area contributed by atoms with E-state index in [0.29, 0.717) is 17.7 Å². The van der Waals surface area contributed by atoms with Crippen molar-refractivity contribution in [3.63, 3.8) is 0 Å². The van der Waals surface area contributed by atoms with Gasteiger partial charge in [-0.2, -0.15) is 5.26 Å². The lowest BCUT2D eigenvalue weighted by atomic mass is 10.1. The summed E-state index contributed by atoms with van der Waals surface area (Å²) in [5.74, 6) is -0.444. The molecule has 1 amide bonds. The van der Waals surface area contributed by atoms with Crippen molar-refractivity contribution in [2.75, 3.05) is 5.32 Å². The van der Waals surface area contributed by atoms with Crippen LogP contribution in [0, 0.1) is 18.3 Å². The molecular weight excluding hydrogens is 250 g/mol. The van der Waals surface area contributed by atoms with Gasteiger partial charge in [0.2, 0.25) is 5.91 Å². The zero-order valence-electron chi connectivity index (χ0n) is 11.2. The summed E-state index contributed by atoms with van der Waals surface area (Å²) in [6.07, 6.45) is 0. The summed E-state index contributed by atoms with van der Waals surface area (Å²) < 4.78 is 0. The number of amides is 1. The second-order valence-electron chi connectivity index (χ2n) is 4.53. The molecule has 2 rings (SSSR count). The Balaban J connectivity index is 2.17. The standard InChI is InChI=1S/C16H15N3O/c1-11-4-2-7-15(14(11)9-17)19-10-12-5-3-6-13(8-12)16(18)20/h2-8,19H,10H2,1H3,(H2,18,20). The van der Waals surface area contributed by atoms with Gasteiger partial charge in [-0.1, -0.05) is 24.3 Å². The molecule has 0 saturated heterocycles. The van der Waals surface area contributed by atoms with Gasteiger partial charge in [0, 0.05) is 12.1 Å². The lowest BCUT2D eigenvalue weighted by Crippen LogP contribution is -2.11. The number of rotatable bonds is 4. The first-order valence-corrected chi connectivity index (χ1v) is 6.24. The molecule has 0 aliphatic heterocycles. The molecule has 0 heterocycles. The monoisotopic (exact) mass is 265 g/mol. The van der Waals surface area contributed by atoms with Crippen LogP contribution in [-0.2, 0) is 6.54 Å². The van der Waals surface area contributed by atoms with E-state index in [1.807, 2.05) is 31.2 Å². The molecule has 2 aromatic rings. The third-order valence-electron chi connectivity index (χ3n) is 3.08. The van der Waals surface area contributed by atoms with Crippen molar-refractivity contribution in [2.24, 2.45) is 5.73 Å². The Morgan fingerprint density at radius 3 is 2.75 bits per heavy atom. The van der Waals surface area contributed by atoms with Crippen LogP contribution in [0.4, 0.5) is 5.69 Å². The molecule has 0 aliphatic carbocycles. The van der Waals surface area contributed by atoms with E-state index in [-0.39, 0.29) is 0 Å². The Kier molecular flexibility index (Phi) is 4.02. The van der Waals surface area contributed by atoms with Crippen molar-refractivity contribution < 1.29 is 4.79 Å². The first-order chi connectivity index (χ1) is 9.61. The summed E-state index contributed by atoms with van der Waals surface area (Å²) in [6, 6.07) is 15.0. The molecule has 20 heavy (non-hydrogen) atoms. The number of anilines is 1. The van der Waals surface area contributed by atoms with E-state index < -0.39 is 5.91 Å². The van der Waals surface area contributed by atoms with Gasteiger partial charge in [-0.25, -0.2) is 0 Å². The number of carbonyl (C=O) groups excluding carboxylic acids is 1. The molecule has 0 unspecified atom stereocenters. The Morgan fingerprint density at radius 1 is 1.30 bits per heavy atom. The highest BCUT2D eigenvalue weighted by Crippen LogP contribution is 2.19. The van der Waals surface area contributed by atoms with Crippen LogP contribution in [0.5, 0.6) is 0 Å². The van der Waals surface area contributed by atoms with E-state index in [1.165, 1.54) is 0 Å². The molecule has 0 saturated carbocycles. The largest absolute Gasteiger partial charge is 0.380 e. The van der Waals surface area contributed by atoms with E-state index in [2.05, 4.69) is 11.4 Å². The molecule has 0 bridgehead atoms. The SMILES string of the molecule is Cc1cccc(NCc2cccc(C(N)=O)c2)c1C#N. The zero-order valence-corrected chi connectivity index (χ0v) is 11.2. The van der Waals surface area contributed by atoms with Gasteiger partial charge in [-0.05, 0) is 36.2 Å². The van der Waals surface area contributed by atoms with Gasteiger partial charge in [-0.3, -0.25) is 4.79 Å². The lowest BCUT2D eigenvalue weighted by Gasteiger charge is -2.10. The van der Waals surface area contributed by atoms with Gasteiger partial charge in [0.15, 0.2) is 0 Å². The van der Waals surface area contributed by atoms with Crippen LogP contribution in [0.3, 0.4) is 0 Å². The van der Waals surface area contributed by atoms with Gasteiger partial charge in [0.25, 0.3) is 0 Å². The van der Waals surface area contributed by atoms with Gasteiger partial charge < -0.3 is 11.1 Å². The number of nitriles is 1. The number of carbonyl (C=O) groups is 1. The Bertz CT molecular complexity index is 686. The summed E-state index contributed by atoms with van der Waals surface area (Å²) in [7, 11) is 0. The van der Waals surface area contributed by atoms with E-state index in [9.17, 15) is 4.79 Å². The maximum absolute atomic E-state index is 11.1. The molecular formula is C16H15N3O. The quantitative estimate of drug-likeness (QED) is 0.891. The lowest BCUT2D eigenvalue weighted by molar-refractivity contribution is 0.1000. The predicted octanol–water partition coefficient (Wildman–Crippen LogP) is 2.58. The normalized spacial score (nSPS) is 9.80. The van der Waals surface area contributed by atoms with Crippen molar-refractivity contribution in [2.45, 2.75) is 13.5 Å². The summed E-state index contributed by atoms with van der Waals surface area (Å²) in [5.41, 5.74) is 9.03. The van der Waals surface area contributed by atoms with Crippen LogP contribution in [0.15, 0.2) is 42.5 Å². The molecule has 0 spiro atoms. The molecule has 100 valence electrons. The average Bonchev–Trinajstić information content (AvgIpc) is 2.45. The van der Waals surface area contributed by atoms with E-state index >= 15 is 0 Å². The van der Waals surface area contributed by atoms with Gasteiger partial charge in [-0.15, -0.1) is 0 Å². The average molecular weight is 265 g/mol. The predicted molar refractivity (Wildman–Crippen MR) is 78.2 cm³/mol. The number of primary amides is 1. The van der Waals surface area contributed by atoms with Crippen LogP contribution >= 0.6 is 0 Å². The van der Waals surface area contributed by atoms with E-state index in [0.717, 1.165) is 16.8 Å². The van der Waals surface area contributed by atoms with Crippen LogP contribution in [0.1, 0.15) is 27.0 Å². The van der Waals surface area contributed by atoms with Crippen molar-refractivity contribution in [3.8, 4) is 6.07 Å². The second kappa shape index (κ2) is 5.89. The third-order valence-corrected chi connectivity index (χ3v) is 3.08. The first kappa shape index (κ1) is 13.6. The number of hydrogen-bond donors (Lipinski definition) is 2. The minimum Gasteiger partial charge on any atom is -0.380 e. The van der Waals surface area contributed by atoms with Crippen molar-refractivity contribution in [3.05, 3.63) is 64.7 Å². The highest BCUT2D eigenvalue weighted by Gasteiger charge is 2.05. The van der Waals surface area contributed by atoms with Crippen LogP contribution < -0.4 is 11.1 Å². The molecule has 0 aliphatic rings. The Morgan fingerprint density at radius 2 is 2.05 bits per heavy atom. The Labute approximate surface area is 117 Å². The number of benzene rings is 2.